The number of benzene rings is 1. The summed E-state index contributed by atoms with van der Waals surface area (Å²) in [5.74, 6) is 0.435. The highest BCUT2D eigenvalue weighted by molar-refractivity contribution is 5.93. The number of carbonyl (C=O) groups excluding carboxylic acids is 1. The van der Waals surface area contributed by atoms with Gasteiger partial charge in [-0.05, 0) is 25.9 Å². The Balaban J connectivity index is 1.51. The molecule has 0 unspecified atom stereocenters. The van der Waals surface area contributed by atoms with E-state index in [0.29, 0.717) is 18.0 Å². The topological polar surface area (TPSA) is 58.4 Å². The predicted octanol–water partition coefficient (Wildman–Crippen LogP) is 2.56. The zero-order valence-electron chi connectivity index (χ0n) is 12.6. The molecule has 1 fully saturated rings. The Hall–Kier alpha value is -2.14. The van der Waals surface area contributed by atoms with E-state index in [9.17, 15) is 4.79 Å². The Labute approximate surface area is 130 Å². The Morgan fingerprint density at radius 3 is 2.73 bits per heavy atom. The average Bonchev–Trinajstić information content (AvgIpc) is 3.07. The van der Waals surface area contributed by atoms with Crippen molar-refractivity contribution in [3.63, 3.8) is 0 Å². The number of rotatable bonds is 5. The van der Waals surface area contributed by atoms with E-state index >= 15 is 0 Å². The molecule has 0 aliphatic carbocycles. The first kappa shape index (κ1) is 14.8. The fourth-order valence-electron chi connectivity index (χ4n) is 2.72. The maximum atomic E-state index is 12.1. The van der Waals surface area contributed by atoms with Crippen molar-refractivity contribution in [2.24, 2.45) is 0 Å². The SMILES string of the molecule is O=C(NCCN1CCCCC1)c1cc(-c2ccccc2)on1. The highest BCUT2D eigenvalue weighted by Gasteiger charge is 2.14. The Kier molecular flexibility index (Phi) is 4.85. The summed E-state index contributed by atoms with van der Waals surface area (Å²) in [7, 11) is 0. The van der Waals surface area contributed by atoms with Gasteiger partial charge in [0.05, 0.1) is 0 Å². The molecule has 1 saturated heterocycles. The first-order valence-electron chi connectivity index (χ1n) is 7.85. The molecule has 2 heterocycles. The summed E-state index contributed by atoms with van der Waals surface area (Å²) in [6, 6.07) is 11.3. The van der Waals surface area contributed by atoms with Crippen LogP contribution in [-0.4, -0.2) is 42.1 Å². The maximum Gasteiger partial charge on any atom is 0.273 e. The van der Waals surface area contributed by atoms with Crippen molar-refractivity contribution in [1.82, 2.24) is 15.4 Å². The lowest BCUT2D eigenvalue weighted by Crippen LogP contribution is -2.37. The van der Waals surface area contributed by atoms with Crippen LogP contribution >= 0.6 is 0 Å². The van der Waals surface area contributed by atoms with Crippen molar-refractivity contribution in [3.05, 3.63) is 42.1 Å². The molecular weight excluding hydrogens is 278 g/mol. The lowest BCUT2D eigenvalue weighted by atomic mass is 10.1. The van der Waals surface area contributed by atoms with Gasteiger partial charge in [0.2, 0.25) is 0 Å². The number of hydrogen-bond donors (Lipinski definition) is 1. The largest absolute Gasteiger partial charge is 0.355 e. The summed E-state index contributed by atoms with van der Waals surface area (Å²) >= 11 is 0. The first-order valence-corrected chi connectivity index (χ1v) is 7.85. The van der Waals surface area contributed by atoms with Gasteiger partial charge in [0.25, 0.3) is 5.91 Å². The number of piperidine rings is 1. The zero-order chi connectivity index (χ0) is 15.2. The summed E-state index contributed by atoms with van der Waals surface area (Å²) in [5.41, 5.74) is 1.25. The molecule has 1 amide bonds. The van der Waals surface area contributed by atoms with Crippen LogP contribution in [0.2, 0.25) is 0 Å². The minimum Gasteiger partial charge on any atom is -0.355 e. The summed E-state index contributed by atoms with van der Waals surface area (Å²) < 4.78 is 5.25. The van der Waals surface area contributed by atoms with E-state index < -0.39 is 0 Å². The zero-order valence-corrected chi connectivity index (χ0v) is 12.6. The molecule has 3 rings (SSSR count). The molecular formula is C17H21N3O2. The van der Waals surface area contributed by atoms with E-state index in [0.717, 1.165) is 25.2 Å². The second-order valence-corrected chi connectivity index (χ2v) is 5.60. The lowest BCUT2D eigenvalue weighted by molar-refractivity contribution is 0.0937. The number of aromatic nitrogens is 1. The van der Waals surface area contributed by atoms with Gasteiger partial charge in [0, 0.05) is 24.7 Å². The number of likely N-dealkylation sites (tertiary alicyclic amines) is 1. The van der Waals surface area contributed by atoms with Gasteiger partial charge in [-0.25, -0.2) is 0 Å². The molecule has 116 valence electrons. The third kappa shape index (κ3) is 3.74. The molecule has 1 aromatic heterocycles. The molecule has 5 heteroatoms. The molecule has 1 aromatic carbocycles. The Bertz CT molecular complexity index is 603. The molecule has 0 saturated carbocycles. The van der Waals surface area contributed by atoms with E-state index in [4.69, 9.17) is 4.52 Å². The van der Waals surface area contributed by atoms with Crippen molar-refractivity contribution >= 4 is 5.91 Å². The van der Waals surface area contributed by atoms with Gasteiger partial charge in [-0.3, -0.25) is 4.79 Å². The Morgan fingerprint density at radius 1 is 1.18 bits per heavy atom. The van der Waals surface area contributed by atoms with Crippen LogP contribution in [0.25, 0.3) is 11.3 Å². The second-order valence-electron chi connectivity index (χ2n) is 5.60. The summed E-state index contributed by atoms with van der Waals surface area (Å²) in [5, 5.41) is 6.77. The van der Waals surface area contributed by atoms with Gasteiger partial charge in [-0.2, -0.15) is 0 Å². The molecule has 0 atom stereocenters. The molecule has 0 spiro atoms. The van der Waals surface area contributed by atoms with Crippen molar-refractivity contribution in [2.75, 3.05) is 26.2 Å². The van der Waals surface area contributed by atoms with Gasteiger partial charge < -0.3 is 14.7 Å². The quantitative estimate of drug-likeness (QED) is 0.922. The fraction of sp³-hybridized carbons (Fsp3) is 0.412. The number of amides is 1. The monoisotopic (exact) mass is 299 g/mol. The molecule has 5 nitrogen and oxygen atoms in total. The van der Waals surface area contributed by atoms with Crippen LogP contribution in [0.5, 0.6) is 0 Å². The van der Waals surface area contributed by atoms with E-state index in [1.807, 2.05) is 30.3 Å². The standard InChI is InChI=1S/C17H21N3O2/c21-17(18-9-12-20-10-5-2-6-11-20)15-13-16(22-19-15)14-7-3-1-4-8-14/h1,3-4,7-8,13H,2,5-6,9-12H2,(H,18,21). The fourth-order valence-corrected chi connectivity index (χ4v) is 2.72. The summed E-state index contributed by atoms with van der Waals surface area (Å²) in [4.78, 5) is 14.5. The lowest BCUT2D eigenvalue weighted by Gasteiger charge is -2.26. The maximum absolute atomic E-state index is 12.1. The highest BCUT2D eigenvalue weighted by atomic mass is 16.5. The number of hydrogen-bond acceptors (Lipinski definition) is 4. The molecule has 1 N–H and O–H groups in total. The van der Waals surface area contributed by atoms with Gasteiger partial charge >= 0.3 is 0 Å². The van der Waals surface area contributed by atoms with E-state index in [1.165, 1.54) is 19.3 Å². The summed E-state index contributed by atoms with van der Waals surface area (Å²) in [6.45, 7) is 3.82. The van der Waals surface area contributed by atoms with Crippen LogP contribution in [0, 0.1) is 0 Å². The van der Waals surface area contributed by atoms with E-state index in [1.54, 1.807) is 6.07 Å². The van der Waals surface area contributed by atoms with Crippen molar-refractivity contribution in [3.8, 4) is 11.3 Å². The van der Waals surface area contributed by atoms with Gasteiger partial charge in [0.1, 0.15) is 0 Å². The van der Waals surface area contributed by atoms with Crippen LogP contribution in [-0.2, 0) is 0 Å². The minimum absolute atomic E-state index is 0.178. The normalized spacial score (nSPS) is 15.6. The second kappa shape index (κ2) is 7.22. The number of carbonyl (C=O) groups is 1. The molecule has 22 heavy (non-hydrogen) atoms. The minimum atomic E-state index is -0.178. The van der Waals surface area contributed by atoms with E-state index in [2.05, 4.69) is 15.4 Å². The van der Waals surface area contributed by atoms with Gasteiger partial charge in [-0.15, -0.1) is 0 Å². The molecule has 1 aliphatic heterocycles. The van der Waals surface area contributed by atoms with Crippen LogP contribution < -0.4 is 5.32 Å². The Morgan fingerprint density at radius 2 is 1.95 bits per heavy atom. The van der Waals surface area contributed by atoms with Gasteiger partial charge in [-0.1, -0.05) is 41.9 Å². The number of nitrogens with zero attached hydrogens (tertiary/aromatic N) is 2. The molecule has 0 radical (unpaired) electrons. The van der Waals surface area contributed by atoms with Crippen LogP contribution in [0.4, 0.5) is 0 Å². The van der Waals surface area contributed by atoms with Crippen LogP contribution in [0.3, 0.4) is 0 Å². The third-order valence-corrected chi connectivity index (χ3v) is 3.96. The van der Waals surface area contributed by atoms with Crippen molar-refractivity contribution in [1.29, 1.82) is 0 Å². The van der Waals surface area contributed by atoms with Gasteiger partial charge in [0.15, 0.2) is 11.5 Å². The third-order valence-electron chi connectivity index (χ3n) is 3.96. The highest BCUT2D eigenvalue weighted by Crippen LogP contribution is 2.19. The van der Waals surface area contributed by atoms with Crippen LogP contribution in [0.15, 0.2) is 40.9 Å². The first-order chi connectivity index (χ1) is 10.8. The van der Waals surface area contributed by atoms with Crippen LogP contribution in [0.1, 0.15) is 29.8 Å². The van der Waals surface area contributed by atoms with E-state index in [-0.39, 0.29) is 5.91 Å². The smallest absolute Gasteiger partial charge is 0.273 e. The number of nitrogens with one attached hydrogen (secondary N) is 1. The molecule has 1 aliphatic rings. The summed E-state index contributed by atoms with van der Waals surface area (Å²) in [6.07, 6.45) is 3.85. The van der Waals surface area contributed by atoms with Crippen molar-refractivity contribution < 1.29 is 9.32 Å². The predicted molar refractivity (Wildman–Crippen MR) is 84.6 cm³/mol. The average molecular weight is 299 g/mol. The molecule has 0 bridgehead atoms. The molecule has 2 aromatic rings. The van der Waals surface area contributed by atoms with Crippen molar-refractivity contribution in [2.45, 2.75) is 19.3 Å².